The number of imidazole rings is 1. The maximum absolute atomic E-state index is 12.1. The van der Waals surface area contributed by atoms with Crippen molar-refractivity contribution in [1.82, 2.24) is 14.5 Å². The van der Waals surface area contributed by atoms with Gasteiger partial charge in [-0.1, -0.05) is 66.6 Å². The Morgan fingerprint density at radius 2 is 1.49 bits per heavy atom. The van der Waals surface area contributed by atoms with E-state index in [-0.39, 0.29) is 0 Å². The molecule has 0 bridgehead atoms. The van der Waals surface area contributed by atoms with Gasteiger partial charge >= 0.3 is 5.97 Å². The Balaban J connectivity index is 1.53. The number of aromatic nitrogens is 3. The topological polar surface area (TPSA) is 68.0 Å². The van der Waals surface area contributed by atoms with Gasteiger partial charge in [0.2, 0.25) is 0 Å². The van der Waals surface area contributed by atoms with E-state index in [4.69, 9.17) is 9.97 Å². The van der Waals surface area contributed by atoms with Crippen molar-refractivity contribution in [1.29, 1.82) is 0 Å². The quantitative estimate of drug-likeness (QED) is 0.272. The second-order valence-corrected chi connectivity index (χ2v) is 9.86. The summed E-state index contributed by atoms with van der Waals surface area (Å²) in [6.07, 6.45) is 0.820. The highest BCUT2D eigenvalue weighted by molar-refractivity contribution is 5.97. The Bertz CT molecular complexity index is 1630. The normalized spacial score (nSPS) is 11.3. The summed E-state index contributed by atoms with van der Waals surface area (Å²) in [7, 11) is 0. The third-order valence-corrected chi connectivity index (χ3v) is 6.83. The minimum absolute atomic E-state index is 0.296. The van der Waals surface area contributed by atoms with Crippen molar-refractivity contribution in [2.24, 2.45) is 0 Å². The second-order valence-electron chi connectivity index (χ2n) is 9.86. The molecule has 5 rings (SSSR count). The number of nitrogens with zero attached hydrogens (tertiary/aromatic N) is 3. The zero-order valence-corrected chi connectivity index (χ0v) is 22.0. The molecule has 0 atom stereocenters. The number of rotatable bonds is 6. The van der Waals surface area contributed by atoms with Crippen LogP contribution in [0.3, 0.4) is 0 Å². The van der Waals surface area contributed by atoms with Crippen LogP contribution in [0.25, 0.3) is 33.4 Å². The van der Waals surface area contributed by atoms with E-state index in [0.29, 0.717) is 17.7 Å². The van der Waals surface area contributed by atoms with Crippen molar-refractivity contribution in [2.45, 2.75) is 47.6 Å². The number of aromatic carboxylic acids is 1. The van der Waals surface area contributed by atoms with Gasteiger partial charge in [-0.15, -0.1) is 0 Å². The van der Waals surface area contributed by atoms with Gasteiger partial charge in [0.05, 0.1) is 12.1 Å². The molecule has 0 saturated carbocycles. The van der Waals surface area contributed by atoms with Crippen molar-refractivity contribution in [3.8, 4) is 22.3 Å². The first-order valence-electron chi connectivity index (χ1n) is 12.6. The molecule has 5 heteroatoms. The standard InChI is InChI=1S/C32H31N3O2/c1-6-29-34-30-21(4)16-22(5)33-31(30)35(29)18-23-7-9-24(10-8-23)28-17-25(11-12-27(28)32(36)37)26-14-19(2)13-20(3)15-26/h7-17H,6,18H2,1-5H3,(H,36,37). The number of hydrogen-bond donors (Lipinski definition) is 1. The number of fused-ring (bicyclic) bond motifs is 1. The van der Waals surface area contributed by atoms with Crippen LogP contribution in [-0.2, 0) is 13.0 Å². The minimum Gasteiger partial charge on any atom is -0.478 e. The summed E-state index contributed by atoms with van der Waals surface area (Å²) in [5, 5.41) is 9.89. The molecular weight excluding hydrogens is 458 g/mol. The van der Waals surface area contributed by atoms with Crippen molar-refractivity contribution in [3.63, 3.8) is 0 Å². The minimum atomic E-state index is -0.930. The van der Waals surface area contributed by atoms with Crippen LogP contribution < -0.4 is 0 Å². The number of benzene rings is 3. The SMILES string of the molecule is CCc1nc2c(C)cc(C)nc2n1Cc1ccc(-c2cc(-c3cc(C)cc(C)c3)ccc2C(=O)O)cc1. The molecule has 2 aromatic heterocycles. The fraction of sp³-hybridized carbons (Fsp3) is 0.219. The van der Waals surface area contributed by atoms with Gasteiger partial charge in [-0.25, -0.2) is 14.8 Å². The van der Waals surface area contributed by atoms with Crippen LogP contribution in [0.1, 0.15) is 51.1 Å². The van der Waals surface area contributed by atoms with E-state index in [9.17, 15) is 9.90 Å². The van der Waals surface area contributed by atoms with Crippen LogP contribution in [0.4, 0.5) is 0 Å². The van der Waals surface area contributed by atoms with Gasteiger partial charge in [0.1, 0.15) is 11.3 Å². The van der Waals surface area contributed by atoms with E-state index in [1.54, 1.807) is 6.07 Å². The van der Waals surface area contributed by atoms with Crippen molar-refractivity contribution < 1.29 is 9.90 Å². The lowest BCUT2D eigenvalue weighted by atomic mass is 9.93. The average Bonchev–Trinajstić information content (AvgIpc) is 3.21. The van der Waals surface area contributed by atoms with Gasteiger partial charge in [0, 0.05) is 12.1 Å². The van der Waals surface area contributed by atoms with Gasteiger partial charge in [-0.2, -0.15) is 0 Å². The molecule has 0 aliphatic rings. The lowest BCUT2D eigenvalue weighted by Gasteiger charge is -2.13. The summed E-state index contributed by atoms with van der Waals surface area (Å²) in [4.78, 5) is 21.7. The Hall–Kier alpha value is -4.25. The smallest absolute Gasteiger partial charge is 0.336 e. The van der Waals surface area contributed by atoms with Crippen LogP contribution in [-0.4, -0.2) is 25.6 Å². The first-order valence-corrected chi connectivity index (χ1v) is 12.6. The molecule has 0 spiro atoms. The monoisotopic (exact) mass is 489 g/mol. The van der Waals surface area contributed by atoms with Gasteiger partial charge in [0.25, 0.3) is 0 Å². The van der Waals surface area contributed by atoms with Crippen LogP contribution in [0.5, 0.6) is 0 Å². The van der Waals surface area contributed by atoms with Crippen molar-refractivity contribution in [3.05, 3.63) is 106 Å². The fourth-order valence-electron chi connectivity index (χ4n) is 5.15. The Labute approximate surface area is 217 Å². The number of pyridine rings is 1. The fourth-order valence-corrected chi connectivity index (χ4v) is 5.15. The number of carbonyl (C=O) groups is 1. The van der Waals surface area contributed by atoms with E-state index >= 15 is 0 Å². The van der Waals surface area contributed by atoms with E-state index in [1.807, 2.05) is 31.2 Å². The largest absolute Gasteiger partial charge is 0.478 e. The molecule has 1 N–H and O–H groups in total. The maximum atomic E-state index is 12.1. The first-order chi connectivity index (χ1) is 17.7. The maximum Gasteiger partial charge on any atom is 0.336 e. The number of carboxylic acid groups (broad SMARTS) is 1. The van der Waals surface area contributed by atoms with E-state index in [0.717, 1.165) is 56.9 Å². The summed E-state index contributed by atoms with van der Waals surface area (Å²) in [5.74, 6) is 0.0786. The molecule has 3 aromatic carbocycles. The highest BCUT2D eigenvalue weighted by Gasteiger charge is 2.16. The molecular formula is C32H31N3O2. The third-order valence-electron chi connectivity index (χ3n) is 6.83. The summed E-state index contributed by atoms with van der Waals surface area (Å²) < 4.78 is 2.19. The zero-order valence-electron chi connectivity index (χ0n) is 22.0. The highest BCUT2D eigenvalue weighted by Crippen LogP contribution is 2.31. The van der Waals surface area contributed by atoms with Crippen LogP contribution in [0.2, 0.25) is 0 Å². The molecule has 0 fully saturated rings. The third kappa shape index (κ3) is 4.77. The van der Waals surface area contributed by atoms with Gasteiger partial charge < -0.3 is 9.67 Å². The predicted octanol–water partition coefficient (Wildman–Crippen LogP) is 7.31. The molecule has 0 unspecified atom stereocenters. The van der Waals surface area contributed by atoms with Crippen molar-refractivity contribution in [2.75, 3.05) is 0 Å². The molecule has 0 aliphatic heterocycles. The van der Waals surface area contributed by atoms with Crippen molar-refractivity contribution >= 4 is 17.1 Å². The Morgan fingerprint density at radius 3 is 2.14 bits per heavy atom. The summed E-state index contributed by atoms with van der Waals surface area (Å²) >= 11 is 0. The molecule has 0 saturated heterocycles. The molecule has 186 valence electrons. The van der Waals surface area contributed by atoms with E-state index in [1.165, 1.54) is 11.1 Å². The van der Waals surface area contributed by atoms with E-state index < -0.39 is 5.97 Å². The highest BCUT2D eigenvalue weighted by atomic mass is 16.4. The lowest BCUT2D eigenvalue weighted by molar-refractivity contribution is 0.0697. The summed E-state index contributed by atoms with van der Waals surface area (Å²) in [6, 6.07) is 22.2. The molecule has 5 aromatic rings. The van der Waals surface area contributed by atoms with Crippen LogP contribution >= 0.6 is 0 Å². The molecule has 2 heterocycles. The molecule has 0 amide bonds. The average molecular weight is 490 g/mol. The number of hydrogen-bond acceptors (Lipinski definition) is 3. The van der Waals surface area contributed by atoms with Gasteiger partial charge in [-0.3, -0.25) is 0 Å². The second kappa shape index (κ2) is 9.66. The number of aryl methyl sites for hydroxylation is 5. The van der Waals surface area contributed by atoms with Crippen LogP contribution in [0, 0.1) is 27.7 Å². The molecule has 5 nitrogen and oxygen atoms in total. The molecule has 0 aliphatic carbocycles. The molecule has 0 radical (unpaired) electrons. The van der Waals surface area contributed by atoms with Crippen LogP contribution in [0.15, 0.2) is 66.7 Å². The Kier molecular flexibility index (Phi) is 6.38. The predicted molar refractivity (Wildman–Crippen MR) is 149 cm³/mol. The number of carboxylic acids is 1. The first kappa shape index (κ1) is 24.4. The Morgan fingerprint density at radius 1 is 0.811 bits per heavy atom. The summed E-state index contributed by atoms with van der Waals surface area (Å²) in [5.41, 5.74) is 11.4. The zero-order chi connectivity index (χ0) is 26.3. The summed E-state index contributed by atoms with van der Waals surface area (Å²) in [6.45, 7) is 11.0. The van der Waals surface area contributed by atoms with Gasteiger partial charge in [-0.05, 0) is 79.3 Å². The molecule has 37 heavy (non-hydrogen) atoms. The van der Waals surface area contributed by atoms with E-state index in [2.05, 4.69) is 68.7 Å². The van der Waals surface area contributed by atoms with Gasteiger partial charge in [0.15, 0.2) is 5.65 Å². The lowest BCUT2D eigenvalue weighted by Crippen LogP contribution is -2.06.